The van der Waals surface area contributed by atoms with E-state index in [4.69, 9.17) is 16.2 Å². The summed E-state index contributed by atoms with van der Waals surface area (Å²) in [6.07, 6.45) is 4.80. The molecule has 2 aliphatic rings. The number of benzene rings is 1. The van der Waals surface area contributed by atoms with E-state index in [2.05, 4.69) is 9.98 Å². The number of ether oxygens (including phenoxy) is 1. The van der Waals surface area contributed by atoms with Crippen LogP contribution in [0.2, 0.25) is 0 Å². The van der Waals surface area contributed by atoms with Gasteiger partial charge in [0.25, 0.3) is 0 Å². The fraction of sp³-hybridized carbons (Fsp3) is 0.500. The molecule has 0 unspecified atom stereocenters. The lowest BCUT2D eigenvalue weighted by Crippen LogP contribution is -2.58. The Bertz CT molecular complexity index is 720. The summed E-state index contributed by atoms with van der Waals surface area (Å²) in [6.45, 7) is 3.65. The highest BCUT2D eigenvalue weighted by Gasteiger charge is 2.42. The van der Waals surface area contributed by atoms with Gasteiger partial charge in [-0.15, -0.1) is 0 Å². The van der Waals surface area contributed by atoms with Crippen LogP contribution in [0.4, 0.5) is 5.69 Å². The molecule has 0 aromatic heterocycles. The largest absolute Gasteiger partial charge is 0.459 e. The zero-order valence-electron chi connectivity index (χ0n) is 14.7. The van der Waals surface area contributed by atoms with Gasteiger partial charge in [-0.1, -0.05) is 12.5 Å². The molecule has 0 saturated heterocycles. The van der Waals surface area contributed by atoms with Gasteiger partial charge in [-0.05, 0) is 57.7 Å². The molecule has 0 bridgehead atoms. The Morgan fingerprint density at radius 2 is 1.96 bits per heavy atom. The zero-order chi connectivity index (χ0) is 18.0. The maximum Gasteiger partial charge on any atom is 0.338 e. The highest BCUT2D eigenvalue weighted by Crippen LogP contribution is 2.39. The highest BCUT2D eigenvalue weighted by atomic mass is 16.5. The van der Waals surface area contributed by atoms with Crippen LogP contribution in [0, 0.1) is 0 Å². The third-order valence-electron chi connectivity index (χ3n) is 4.53. The molecule has 1 spiro atoms. The minimum Gasteiger partial charge on any atom is -0.459 e. The van der Waals surface area contributed by atoms with Crippen molar-refractivity contribution in [2.45, 2.75) is 57.7 Å². The molecule has 1 heterocycles. The molecule has 3 rings (SSSR count). The van der Waals surface area contributed by atoms with E-state index in [0.717, 1.165) is 31.4 Å². The molecule has 25 heavy (non-hydrogen) atoms. The van der Waals surface area contributed by atoms with E-state index in [1.807, 2.05) is 30.9 Å². The summed E-state index contributed by atoms with van der Waals surface area (Å²) < 4.78 is 5.29. The SMILES string of the molecule is CC(C)OC(=O)c1cccc(N2C(N)=NC(N)=NC23CCCCC3)c1. The summed E-state index contributed by atoms with van der Waals surface area (Å²) in [5.74, 6) is 0.167. The standard InChI is InChI=1S/C18H25N5O2/c1-12(2)25-15(24)13-7-6-8-14(11-13)23-17(20)21-16(19)22-18(23)9-4-3-5-10-18/h6-8,11-12H,3-5,9-10H2,1-2H3,(H4,19,20,21,22). The van der Waals surface area contributed by atoms with E-state index in [1.165, 1.54) is 6.42 Å². The van der Waals surface area contributed by atoms with Crippen molar-refractivity contribution in [3.63, 3.8) is 0 Å². The molecule has 0 radical (unpaired) electrons. The number of rotatable bonds is 3. The van der Waals surface area contributed by atoms with Gasteiger partial charge < -0.3 is 16.2 Å². The molecular weight excluding hydrogens is 318 g/mol. The number of aliphatic imine (C=N–C) groups is 2. The number of hydrogen-bond donors (Lipinski definition) is 2. The van der Waals surface area contributed by atoms with Crippen molar-refractivity contribution in [1.29, 1.82) is 0 Å². The number of anilines is 1. The van der Waals surface area contributed by atoms with Gasteiger partial charge in [-0.2, -0.15) is 4.99 Å². The van der Waals surface area contributed by atoms with Crippen LogP contribution in [0.1, 0.15) is 56.3 Å². The first kappa shape index (κ1) is 17.3. The lowest BCUT2D eigenvalue weighted by atomic mass is 9.87. The van der Waals surface area contributed by atoms with Crippen LogP contribution in [-0.4, -0.2) is 29.7 Å². The van der Waals surface area contributed by atoms with Gasteiger partial charge in [0.05, 0.1) is 11.7 Å². The van der Waals surface area contributed by atoms with Crippen LogP contribution < -0.4 is 16.4 Å². The summed E-state index contributed by atoms with van der Waals surface area (Å²) in [7, 11) is 0. The maximum absolute atomic E-state index is 12.2. The molecule has 1 saturated carbocycles. The van der Waals surface area contributed by atoms with Crippen molar-refractivity contribution < 1.29 is 9.53 Å². The molecule has 0 atom stereocenters. The lowest BCUT2D eigenvalue weighted by molar-refractivity contribution is 0.0378. The zero-order valence-corrected chi connectivity index (χ0v) is 14.7. The summed E-state index contributed by atoms with van der Waals surface area (Å²) in [5.41, 5.74) is 12.8. The van der Waals surface area contributed by atoms with E-state index in [9.17, 15) is 4.79 Å². The number of hydrogen-bond acceptors (Lipinski definition) is 7. The van der Waals surface area contributed by atoms with Crippen LogP contribution in [0.25, 0.3) is 0 Å². The van der Waals surface area contributed by atoms with Crippen LogP contribution in [-0.2, 0) is 4.74 Å². The third kappa shape index (κ3) is 3.45. The first-order valence-corrected chi connectivity index (χ1v) is 8.72. The van der Waals surface area contributed by atoms with Crippen molar-refractivity contribution in [2.75, 3.05) is 4.90 Å². The highest BCUT2D eigenvalue weighted by molar-refractivity contribution is 6.06. The third-order valence-corrected chi connectivity index (χ3v) is 4.53. The fourth-order valence-corrected chi connectivity index (χ4v) is 3.55. The van der Waals surface area contributed by atoms with Crippen molar-refractivity contribution in [2.24, 2.45) is 21.5 Å². The smallest absolute Gasteiger partial charge is 0.338 e. The Balaban J connectivity index is 1.98. The molecule has 1 fully saturated rings. The predicted octanol–water partition coefficient (Wildman–Crippen LogP) is 2.36. The van der Waals surface area contributed by atoms with Crippen molar-refractivity contribution in [3.8, 4) is 0 Å². The van der Waals surface area contributed by atoms with Gasteiger partial charge in [0, 0.05) is 5.69 Å². The Morgan fingerprint density at radius 3 is 2.64 bits per heavy atom. The van der Waals surface area contributed by atoms with Gasteiger partial charge in [0.2, 0.25) is 11.9 Å². The lowest BCUT2D eigenvalue weighted by Gasteiger charge is -2.45. The number of carbonyl (C=O) groups excluding carboxylic acids is 1. The summed E-state index contributed by atoms with van der Waals surface area (Å²) in [5, 5.41) is 0. The average molecular weight is 343 g/mol. The Hall–Kier alpha value is -2.57. The summed E-state index contributed by atoms with van der Waals surface area (Å²) >= 11 is 0. The molecule has 1 aliphatic heterocycles. The first-order valence-electron chi connectivity index (χ1n) is 8.72. The number of esters is 1. The first-order chi connectivity index (χ1) is 11.9. The van der Waals surface area contributed by atoms with E-state index >= 15 is 0 Å². The van der Waals surface area contributed by atoms with Crippen LogP contribution >= 0.6 is 0 Å². The summed E-state index contributed by atoms with van der Waals surface area (Å²) in [6, 6.07) is 7.23. The fourth-order valence-electron chi connectivity index (χ4n) is 3.55. The monoisotopic (exact) mass is 343 g/mol. The Labute approximate surface area is 147 Å². The topological polar surface area (TPSA) is 106 Å². The number of guanidine groups is 2. The molecule has 134 valence electrons. The van der Waals surface area contributed by atoms with Gasteiger partial charge >= 0.3 is 5.97 Å². The molecule has 4 N–H and O–H groups in total. The van der Waals surface area contributed by atoms with Crippen molar-refractivity contribution >= 4 is 23.6 Å². The van der Waals surface area contributed by atoms with E-state index in [-0.39, 0.29) is 18.0 Å². The second-order valence-corrected chi connectivity index (χ2v) is 6.82. The van der Waals surface area contributed by atoms with E-state index in [1.54, 1.807) is 12.1 Å². The number of nitrogens with two attached hydrogens (primary N) is 2. The second kappa shape index (κ2) is 6.74. The Kier molecular flexibility index (Phi) is 4.65. The molecular formula is C18H25N5O2. The van der Waals surface area contributed by atoms with Crippen molar-refractivity contribution in [1.82, 2.24) is 0 Å². The van der Waals surface area contributed by atoms with E-state index < -0.39 is 5.66 Å². The molecule has 7 nitrogen and oxygen atoms in total. The second-order valence-electron chi connectivity index (χ2n) is 6.82. The van der Waals surface area contributed by atoms with Gasteiger partial charge in [-0.25, -0.2) is 9.79 Å². The van der Waals surface area contributed by atoms with Gasteiger partial charge in [-0.3, -0.25) is 4.90 Å². The molecule has 0 amide bonds. The van der Waals surface area contributed by atoms with Crippen molar-refractivity contribution in [3.05, 3.63) is 29.8 Å². The number of carbonyl (C=O) groups is 1. The quantitative estimate of drug-likeness (QED) is 0.819. The minimum atomic E-state index is -0.519. The Morgan fingerprint density at radius 1 is 1.24 bits per heavy atom. The minimum absolute atomic E-state index is 0.174. The van der Waals surface area contributed by atoms with Crippen LogP contribution in [0.15, 0.2) is 34.3 Å². The molecule has 1 aliphatic carbocycles. The van der Waals surface area contributed by atoms with E-state index in [0.29, 0.717) is 11.5 Å². The number of nitrogens with zero attached hydrogens (tertiary/aromatic N) is 3. The van der Waals surface area contributed by atoms with Crippen LogP contribution in [0.5, 0.6) is 0 Å². The molecule has 7 heteroatoms. The average Bonchev–Trinajstić information content (AvgIpc) is 2.54. The molecule has 1 aromatic carbocycles. The molecule has 1 aromatic rings. The normalized spacial score (nSPS) is 19.6. The maximum atomic E-state index is 12.2. The van der Waals surface area contributed by atoms with Gasteiger partial charge in [0.1, 0.15) is 5.66 Å². The van der Waals surface area contributed by atoms with Crippen LogP contribution in [0.3, 0.4) is 0 Å². The van der Waals surface area contributed by atoms with Gasteiger partial charge in [0.15, 0.2) is 0 Å². The predicted molar refractivity (Wildman–Crippen MR) is 98.5 cm³/mol. The summed E-state index contributed by atoms with van der Waals surface area (Å²) in [4.78, 5) is 22.9.